The topological polar surface area (TPSA) is 52.9 Å². The summed E-state index contributed by atoms with van der Waals surface area (Å²) in [6, 6.07) is 35.1. The Hall–Kier alpha value is -4.55. The molecule has 42 heavy (non-hydrogen) atoms. The second-order valence-corrected chi connectivity index (χ2v) is 10.6. The van der Waals surface area contributed by atoms with Crippen LogP contribution < -0.4 is 9.47 Å². The number of carbonyl (C=O) groups is 1. The lowest BCUT2D eigenvalue weighted by Gasteiger charge is -2.29. The third-order valence-electron chi connectivity index (χ3n) is 7.96. The lowest BCUT2D eigenvalue weighted by atomic mass is 9.87. The molecule has 0 N–H and O–H groups in total. The number of amides is 1. The van der Waals surface area contributed by atoms with Crippen molar-refractivity contribution in [1.82, 2.24) is 9.47 Å². The molecule has 1 amide bonds. The van der Waals surface area contributed by atoms with Crippen LogP contribution in [0, 0.1) is 0 Å². The highest BCUT2D eigenvalue weighted by atomic mass is 16.5. The van der Waals surface area contributed by atoms with Crippen LogP contribution in [0.25, 0.3) is 10.9 Å². The molecule has 0 aliphatic carbocycles. The van der Waals surface area contributed by atoms with E-state index in [-0.39, 0.29) is 11.8 Å². The standard InChI is InChI=1S/C36H36N2O4/c1-40-35-22-29(16-17-34(35)42-26-28-12-6-3-7-13-28)31(23-36(39)37-18-20-41-21-19-37)32-25-38(24-27-10-4-2-5-11-27)33-15-9-8-14-30(32)33/h2-17,22,25,31H,18-21,23-24,26H2,1H3. The number of para-hydroxylation sites is 1. The fourth-order valence-corrected chi connectivity index (χ4v) is 5.74. The van der Waals surface area contributed by atoms with Gasteiger partial charge in [-0.05, 0) is 40.5 Å². The van der Waals surface area contributed by atoms with Gasteiger partial charge in [0.05, 0.1) is 20.3 Å². The van der Waals surface area contributed by atoms with Gasteiger partial charge in [-0.3, -0.25) is 4.79 Å². The van der Waals surface area contributed by atoms with E-state index in [0.717, 1.165) is 34.1 Å². The maximum absolute atomic E-state index is 13.7. The predicted molar refractivity (Wildman–Crippen MR) is 165 cm³/mol. The summed E-state index contributed by atoms with van der Waals surface area (Å²) in [6.45, 7) is 3.60. The molecule has 0 radical (unpaired) electrons. The number of morpholine rings is 1. The molecule has 0 saturated carbocycles. The molecule has 1 fully saturated rings. The van der Waals surface area contributed by atoms with Crippen LogP contribution in [0.4, 0.5) is 0 Å². The average molecular weight is 561 g/mol. The molecule has 1 aliphatic rings. The van der Waals surface area contributed by atoms with Crippen molar-refractivity contribution >= 4 is 16.8 Å². The average Bonchev–Trinajstić information content (AvgIpc) is 3.41. The van der Waals surface area contributed by atoms with Gasteiger partial charge in [-0.15, -0.1) is 0 Å². The SMILES string of the molecule is COc1cc(C(CC(=O)N2CCOCC2)c2cn(Cc3ccccc3)c3ccccc23)ccc1OCc1ccccc1. The number of nitrogens with zero attached hydrogens (tertiary/aromatic N) is 2. The monoisotopic (exact) mass is 560 g/mol. The Bertz CT molecular complexity index is 1620. The van der Waals surface area contributed by atoms with Crippen LogP contribution in [0.3, 0.4) is 0 Å². The van der Waals surface area contributed by atoms with Gasteiger partial charge in [-0.1, -0.05) is 84.9 Å². The van der Waals surface area contributed by atoms with E-state index in [1.54, 1.807) is 7.11 Å². The van der Waals surface area contributed by atoms with Gasteiger partial charge in [0.1, 0.15) is 6.61 Å². The smallest absolute Gasteiger partial charge is 0.223 e. The summed E-state index contributed by atoms with van der Waals surface area (Å²) in [5.74, 6) is 1.29. The highest BCUT2D eigenvalue weighted by molar-refractivity contribution is 5.87. The van der Waals surface area contributed by atoms with Crippen molar-refractivity contribution in [2.24, 2.45) is 0 Å². The molecule has 2 heterocycles. The number of fused-ring (bicyclic) bond motifs is 1. The van der Waals surface area contributed by atoms with Gasteiger partial charge >= 0.3 is 0 Å². The normalized spacial score (nSPS) is 14.1. The van der Waals surface area contributed by atoms with Crippen LogP contribution in [0.1, 0.15) is 34.6 Å². The Labute approximate surface area is 247 Å². The van der Waals surface area contributed by atoms with Crippen molar-refractivity contribution in [1.29, 1.82) is 0 Å². The molecular weight excluding hydrogens is 524 g/mol. The molecule has 0 spiro atoms. The first-order chi connectivity index (χ1) is 20.7. The highest BCUT2D eigenvalue weighted by Gasteiger charge is 2.27. The van der Waals surface area contributed by atoms with Crippen LogP contribution in [-0.4, -0.2) is 48.8 Å². The Morgan fingerprint density at radius 1 is 0.833 bits per heavy atom. The molecule has 1 atom stereocenters. The van der Waals surface area contributed by atoms with Crippen molar-refractivity contribution in [3.05, 3.63) is 132 Å². The predicted octanol–water partition coefficient (Wildman–Crippen LogP) is 6.66. The van der Waals surface area contributed by atoms with E-state index in [1.165, 1.54) is 5.56 Å². The first kappa shape index (κ1) is 27.6. The first-order valence-electron chi connectivity index (χ1n) is 14.5. The summed E-state index contributed by atoms with van der Waals surface area (Å²) in [7, 11) is 1.66. The number of benzene rings is 4. The number of hydrogen-bond acceptors (Lipinski definition) is 4. The minimum atomic E-state index is -0.167. The number of aromatic nitrogens is 1. The molecule has 6 nitrogen and oxygen atoms in total. The summed E-state index contributed by atoms with van der Waals surface area (Å²) in [5, 5.41) is 1.15. The third-order valence-corrected chi connectivity index (χ3v) is 7.96. The Kier molecular flexibility index (Phi) is 8.52. The number of ether oxygens (including phenoxy) is 3. The number of methoxy groups -OCH3 is 1. The molecular formula is C36H36N2O4. The van der Waals surface area contributed by atoms with Gasteiger partial charge in [0.2, 0.25) is 5.91 Å². The largest absolute Gasteiger partial charge is 0.493 e. The van der Waals surface area contributed by atoms with Crippen LogP contribution in [0.2, 0.25) is 0 Å². The molecule has 4 aromatic carbocycles. The van der Waals surface area contributed by atoms with Gasteiger partial charge in [0.15, 0.2) is 11.5 Å². The lowest BCUT2D eigenvalue weighted by Crippen LogP contribution is -2.41. The molecule has 1 aromatic heterocycles. The summed E-state index contributed by atoms with van der Waals surface area (Å²) in [4.78, 5) is 15.6. The molecule has 0 bridgehead atoms. The number of rotatable bonds is 10. The fraction of sp³-hybridized carbons (Fsp3) is 0.250. The van der Waals surface area contributed by atoms with Gasteiger partial charge in [-0.2, -0.15) is 0 Å². The molecule has 1 aliphatic heterocycles. The van der Waals surface area contributed by atoms with E-state index in [2.05, 4.69) is 65.4 Å². The minimum absolute atomic E-state index is 0.131. The maximum Gasteiger partial charge on any atom is 0.223 e. The summed E-state index contributed by atoms with van der Waals surface area (Å²) in [5.41, 5.74) is 5.61. The third kappa shape index (κ3) is 6.19. The number of carbonyl (C=O) groups excluding carboxylic acids is 1. The maximum atomic E-state index is 13.7. The zero-order valence-corrected chi connectivity index (χ0v) is 23.9. The second-order valence-electron chi connectivity index (χ2n) is 10.6. The van der Waals surface area contributed by atoms with Crippen molar-refractivity contribution in [2.45, 2.75) is 25.5 Å². The summed E-state index contributed by atoms with van der Waals surface area (Å²) < 4.78 is 19.8. The van der Waals surface area contributed by atoms with Crippen molar-refractivity contribution in [2.75, 3.05) is 33.4 Å². The van der Waals surface area contributed by atoms with Crippen LogP contribution in [-0.2, 0) is 22.7 Å². The van der Waals surface area contributed by atoms with E-state index >= 15 is 0 Å². The Morgan fingerprint density at radius 2 is 1.52 bits per heavy atom. The van der Waals surface area contributed by atoms with Crippen molar-refractivity contribution in [3.63, 3.8) is 0 Å². The van der Waals surface area contributed by atoms with E-state index in [0.29, 0.717) is 50.8 Å². The molecule has 6 heteroatoms. The first-order valence-corrected chi connectivity index (χ1v) is 14.5. The quantitative estimate of drug-likeness (QED) is 0.192. The molecule has 5 aromatic rings. The molecule has 1 saturated heterocycles. The van der Waals surface area contributed by atoms with E-state index < -0.39 is 0 Å². The van der Waals surface area contributed by atoms with Gasteiger partial charge in [-0.25, -0.2) is 0 Å². The molecule has 214 valence electrons. The zero-order valence-electron chi connectivity index (χ0n) is 23.9. The Balaban J connectivity index is 1.37. The van der Waals surface area contributed by atoms with E-state index in [9.17, 15) is 4.79 Å². The minimum Gasteiger partial charge on any atom is -0.493 e. The summed E-state index contributed by atoms with van der Waals surface area (Å²) in [6.07, 6.45) is 2.58. The number of hydrogen-bond donors (Lipinski definition) is 0. The van der Waals surface area contributed by atoms with E-state index in [1.807, 2.05) is 53.4 Å². The van der Waals surface area contributed by atoms with Crippen molar-refractivity contribution in [3.8, 4) is 11.5 Å². The highest BCUT2D eigenvalue weighted by Crippen LogP contribution is 2.39. The second kappa shape index (κ2) is 13.0. The van der Waals surface area contributed by atoms with Crippen LogP contribution >= 0.6 is 0 Å². The fourth-order valence-electron chi connectivity index (χ4n) is 5.74. The van der Waals surface area contributed by atoms with Gasteiger partial charge < -0.3 is 23.7 Å². The van der Waals surface area contributed by atoms with Gasteiger partial charge in [0.25, 0.3) is 0 Å². The van der Waals surface area contributed by atoms with Crippen LogP contribution in [0.5, 0.6) is 11.5 Å². The zero-order chi connectivity index (χ0) is 28.7. The Morgan fingerprint density at radius 3 is 2.26 bits per heavy atom. The molecule has 1 unspecified atom stereocenters. The van der Waals surface area contributed by atoms with Crippen molar-refractivity contribution < 1.29 is 19.0 Å². The van der Waals surface area contributed by atoms with E-state index in [4.69, 9.17) is 14.2 Å². The van der Waals surface area contributed by atoms with Gasteiger partial charge in [0, 0.05) is 49.1 Å². The lowest BCUT2D eigenvalue weighted by molar-refractivity contribution is -0.135. The molecule has 6 rings (SSSR count). The van der Waals surface area contributed by atoms with Crippen LogP contribution in [0.15, 0.2) is 109 Å². The summed E-state index contributed by atoms with van der Waals surface area (Å²) >= 11 is 0.